The summed E-state index contributed by atoms with van der Waals surface area (Å²) in [6.45, 7) is 3.47. The number of likely N-dealkylation sites (tertiary alicyclic amines) is 1. The minimum absolute atomic E-state index is 0.137. The fourth-order valence-corrected chi connectivity index (χ4v) is 2.90. The van der Waals surface area contributed by atoms with Crippen LogP contribution in [0.15, 0.2) is 0 Å². The zero-order valence-corrected chi connectivity index (χ0v) is 16.1. The molecule has 4 amide bonds. The highest BCUT2D eigenvalue weighted by atomic mass is 16.4. The molecule has 0 aromatic heterocycles. The van der Waals surface area contributed by atoms with Crippen LogP contribution in [0.5, 0.6) is 0 Å². The molecular weight excluding hydrogens is 370 g/mol. The van der Waals surface area contributed by atoms with Gasteiger partial charge < -0.3 is 32.1 Å². The van der Waals surface area contributed by atoms with E-state index in [1.54, 1.807) is 6.92 Å². The summed E-state index contributed by atoms with van der Waals surface area (Å²) in [5.41, 5.74) is 11.0. The van der Waals surface area contributed by atoms with Gasteiger partial charge in [-0.05, 0) is 18.8 Å². The summed E-state index contributed by atoms with van der Waals surface area (Å²) in [6, 6.07) is -3.06. The molecule has 0 saturated carbocycles. The minimum atomic E-state index is -1.28. The molecule has 4 atom stereocenters. The molecule has 158 valence electrons. The Morgan fingerprint density at radius 3 is 2.39 bits per heavy atom. The Hall–Kier alpha value is -2.69. The van der Waals surface area contributed by atoms with E-state index in [0.717, 1.165) is 0 Å². The van der Waals surface area contributed by atoms with Crippen molar-refractivity contribution in [3.05, 3.63) is 0 Å². The number of amides is 4. The lowest BCUT2D eigenvalue weighted by atomic mass is 9.99. The first kappa shape index (κ1) is 23.3. The molecule has 1 aliphatic heterocycles. The van der Waals surface area contributed by atoms with E-state index < -0.39 is 60.7 Å². The maximum Gasteiger partial charge on any atom is 0.326 e. The van der Waals surface area contributed by atoms with Gasteiger partial charge in [-0.2, -0.15) is 0 Å². The van der Waals surface area contributed by atoms with Gasteiger partial charge in [0, 0.05) is 6.54 Å². The summed E-state index contributed by atoms with van der Waals surface area (Å²) in [5.74, 6) is -3.99. The quantitative estimate of drug-likeness (QED) is 0.279. The third kappa shape index (κ3) is 6.48. The number of hydrogen-bond acceptors (Lipinski definition) is 6. The number of hydrogen-bond donors (Lipinski definition) is 5. The van der Waals surface area contributed by atoms with Gasteiger partial charge in [0.1, 0.15) is 12.1 Å². The SMILES string of the molecule is CCC(C)C(N)C(=O)NC(CC(N)=O)C(=O)NCC(=O)N1CCCC1C(=O)O. The van der Waals surface area contributed by atoms with Gasteiger partial charge in [0.15, 0.2) is 0 Å². The predicted molar refractivity (Wildman–Crippen MR) is 98.6 cm³/mol. The van der Waals surface area contributed by atoms with E-state index in [-0.39, 0.29) is 12.5 Å². The van der Waals surface area contributed by atoms with Crippen molar-refractivity contribution in [2.24, 2.45) is 17.4 Å². The zero-order valence-electron chi connectivity index (χ0n) is 16.1. The Morgan fingerprint density at radius 2 is 1.86 bits per heavy atom. The Kier molecular flexibility index (Phi) is 8.83. The molecule has 1 rings (SSSR count). The van der Waals surface area contributed by atoms with Crippen molar-refractivity contribution in [3.63, 3.8) is 0 Å². The van der Waals surface area contributed by atoms with Gasteiger partial charge in [-0.3, -0.25) is 19.2 Å². The van der Waals surface area contributed by atoms with Gasteiger partial charge in [-0.25, -0.2) is 4.79 Å². The van der Waals surface area contributed by atoms with Crippen molar-refractivity contribution < 1.29 is 29.1 Å². The summed E-state index contributed by atoms with van der Waals surface area (Å²) >= 11 is 0. The Morgan fingerprint density at radius 1 is 1.21 bits per heavy atom. The van der Waals surface area contributed by atoms with Crippen LogP contribution in [0.3, 0.4) is 0 Å². The lowest BCUT2D eigenvalue weighted by molar-refractivity contribution is -0.148. The van der Waals surface area contributed by atoms with Gasteiger partial charge in [0.05, 0.1) is 19.0 Å². The summed E-state index contributed by atoms with van der Waals surface area (Å²) in [6.07, 6.45) is 1.10. The van der Waals surface area contributed by atoms with Crippen LogP contribution in [0.25, 0.3) is 0 Å². The number of nitrogens with one attached hydrogen (secondary N) is 2. The van der Waals surface area contributed by atoms with E-state index in [1.807, 2.05) is 6.92 Å². The number of carboxylic acids is 1. The van der Waals surface area contributed by atoms with Gasteiger partial charge in [0.2, 0.25) is 23.6 Å². The van der Waals surface area contributed by atoms with Crippen molar-refractivity contribution >= 4 is 29.6 Å². The number of aliphatic carboxylic acids is 1. The number of carbonyl (C=O) groups excluding carboxylic acids is 4. The van der Waals surface area contributed by atoms with Crippen molar-refractivity contribution in [2.75, 3.05) is 13.1 Å². The third-order valence-electron chi connectivity index (χ3n) is 4.87. The van der Waals surface area contributed by atoms with Crippen LogP contribution in [0, 0.1) is 5.92 Å². The molecule has 0 radical (unpaired) electrons. The average Bonchev–Trinajstić information content (AvgIpc) is 3.13. The second-order valence-electron chi connectivity index (χ2n) is 6.94. The summed E-state index contributed by atoms with van der Waals surface area (Å²) in [7, 11) is 0. The Labute approximate surface area is 163 Å². The molecule has 1 heterocycles. The van der Waals surface area contributed by atoms with E-state index in [9.17, 15) is 24.0 Å². The minimum Gasteiger partial charge on any atom is -0.480 e. The summed E-state index contributed by atoms with van der Waals surface area (Å²) in [5, 5.41) is 13.8. The second-order valence-corrected chi connectivity index (χ2v) is 6.94. The number of carboxylic acid groups (broad SMARTS) is 1. The van der Waals surface area contributed by atoms with Crippen LogP contribution < -0.4 is 22.1 Å². The smallest absolute Gasteiger partial charge is 0.326 e. The van der Waals surface area contributed by atoms with Crippen molar-refractivity contribution in [1.82, 2.24) is 15.5 Å². The molecular formula is C17H29N5O6. The molecule has 28 heavy (non-hydrogen) atoms. The first-order valence-corrected chi connectivity index (χ1v) is 9.22. The molecule has 0 spiro atoms. The standard InChI is InChI=1S/C17H29N5O6/c1-3-9(2)14(19)16(26)21-10(7-12(18)23)15(25)20-8-13(24)22-6-4-5-11(22)17(27)28/h9-11,14H,3-8,19H2,1-2H3,(H2,18,23)(H,20,25)(H,21,26)(H,27,28). The van der Waals surface area contributed by atoms with Crippen molar-refractivity contribution in [3.8, 4) is 0 Å². The number of rotatable bonds is 10. The molecule has 0 aliphatic carbocycles. The largest absolute Gasteiger partial charge is 0.480 e. The molecule has 1 aliphatic rings. The van der Waals surface area contributed by atoms with E-state index >= 15 is 0 Å². The van der Waals surface area contributed by atoms with Gasteiger partial charge in [-0.15, -0.1) is 0 Å². The highest BCUT2D eigenvalue weighted by Crippen LogP contribution is 2.17. The molecule has 0 bridgehead atoms. The average molecular weight is 399 g/mol. The first-order chi connectivity index (χ1) is 13.1. The van der Waals surface area contributed by atoms with Gasteiger partial charge >= 0.3 is 5.97 Å². The fourth-order valence-electron chi connectivity index (χ4n) is 2.90. The van der Waals surface area contributed by atoms with Crippen molar-refractivity contribution in [1.29, 1.82) is 0 Å². The van der Waals surface area contributed by atoms with Crippen LogP contribution >= 0.6 is 0 Å². The molecule has 11 heteroatoms. The monoisotopic (exact) mass is 399 g/mol. The molecule has 11 nitrogen and oxygen atoms in total. The molecule has 0 aromatic rings. The maximum atomic E-state index is 12.3. The van der Waals surface area contributed by atoms with Crippen molar-refractivity contribution in [2.45, 2.75) is 57.7 Å². The van der Waals surface area contributed by atoms with E-state index in [0.29, 0.717) is 19.3 Å². The molecule has 7 N–H and O–H groups in total. The number of nitrogens with two attached hydrogens (primary N) is 2. The first-order valence-electron chi connectivity index (χ1n) is 9.22. The van der Waals surface area contributed by atoms with E-state index in [1.165, 1.54) is 4.90 Å². The third-order valence-corrected chi connectivity index (χ3v) is 4.87. The molecule has 0 aromatic carbocycles. The van der Waals surface area contributed by atoms with Crippen LogP contribution in [0.4, 0.5) is 0 Å². The maximum absolute atomic E-state index is 12.3. The Balaban J connectivity index is 2.69. The lowest BCUT2D eigenvalue weighted by Crippen LogP contribution is -2.55. The summed E-state index contributed by atoms with van der Waals surface area (Å²) in [4.78, 5) is 60.3. The highest BCUT2D eigenvalue weighted by molar-refractivity contribution is 5.95. The number of carbonyl (C=O) groups is 5. The normalized spacial score (nSPS) is 19.4. The predicted octanol–water partition coefficient (Wildman–Crippen LogP) is -2.09. The fraction of sp³-hybridized carbons (Fsp3) is 0.706. The van der Waals surface area contributed by atoms with E-state index in [4.69, 9.17) is 16.6 Å². The van der Waals surface area contributed by atoms with Crippen LogP contribution in [-0.2, 0) is 24.0 Å². The lowest BCUT2D eigenvalue weighted by Gasteiger charge is -2.24. The van der Waals surface area contributed by atoms with Crippen LogP contribution in [0.1, 0.15) is 39.5 Å². The second kappa shape index (κ2) is 10.6. The molecule has 4 unspecified atom stereocenters. The number of nitrogens with zero attached hydrogens (tertiary/aromatic N) is 1. The molecule has 1 saturated heterocycles. The van der Waals surface area contributed by atoms with Gasteiger partial charge in [-0.1, -0.05) is 20.3 Å². The van der Waals surface area contributed by atoms with Gasteiger partial charge in [0.25, 0.3) is 0 Å². The van der Waals surface area contributed by atoms with Crippen LogP contribution in [-0.4, -0.2) is 70.8 Å². The topological polar surface area (TPSA) is 185 Å². The molecule has 1 fully saturated rings. The zero-order chi connectivity index (χ0) is 21.4. The Bertz CT molecular complexity index is 625. The number of primary amides is 1. The van der Waals surface area contributed by atoms with E-state index in [2.05, 4.69) is 10.6 Å². The van der Waals surface area contributed by atoms with Crippen LogP contribution in [0.2, 0.25) is 0 Å². The summed E-state index contributed by atoms with van der Waals surface area (Å²) < 4.78 is 0. The highest BCUT2D eigenvalue weighted by Gasteiger charge is 2.34.